The van der Waals surface area contributed by atoms with Crippen LogP contribution in [0.4, 0.5) is 0 Å². The van der Waals surface area contributed by atoms with Gasteiger partial charge in [0.2, 0.25) is 0 Å². The van der Waals surface area contributed by atoms with Gasteiger partial charge in [-0.2, -0.15) is 0 Å². The molecule has 5 atom stereocenters. The van der Waals surface area contributed by atoms with Crippen molar-refractivity contribution in [2.24, 2.45) is 0 Å². The molecule has 1 unspecified atom stereocenters. The Balaban J connectivity index is 2.01. The van der Waals surface area contributed by atoms with E-state index < -0.39 is 29.2 Å². The number of aliphatic hydroxyl groups excluding tert-OH is 1. The first kappa shape index (κ1) is 27.8. The molecule has 4 N–H and O–H groups in total. The normalized spacial score (nSPS) is 29.7. The Kier molecular flexibility index (Phi) is 9.91. The Hall–Kier alpha value is -1.76. The number of rotatable bonds is 13. The first-order valence-corrected chi connectivity index (χ1v) is 13.4. The van der Waals surface area contributed by atoms with Crippen LogP contribution in [0.25, 0.3) is 0 Å². The van der Waals surface area contributed by atoms with Crippen molar-refractivity contribution < 1.29 is 25.2 Å². The zero-order valence-electron chi connectivity index (χ0n) is 21.4. The van der Waals surface area contributed by atoms with Crippen LogP contribution in [0.15, 0.2) is 60.7 Å². The first-order chi connectivity index (χ1) is 16.8. The van der Waals surface area contributed by atoms with Crippen molar-refractivity contribution in [3.05, 3.63) is 71.8 Å². The second-order valence-electron chi connectivity index (χ2n) is 10.5. The molecule has 0 spiro atoms. The highest BCUT2D eigenvalue weighted by atomic mass is 16.6. The molecule has 5 nitrogen and oxygen atoms in total. The molecule has 0 amide bonds. The zero-order valence-corrected chi connectivity index (χ0v) is 21.4. The lowest BCUT2D eigenvalue weighted by atomic mass is 9.65. The Morgan fingerprint density at radius 1 is 0.800 bits per heavy atom. The Labute approximate surface area is 210 Å². The standard InChI is InChI=1S/C30H44O5/c1-3-5-13-19-28(32)23-29(33,20-14-6-4-2)35-27(26(31)21-24-15-9-7-10-16-24)30(28,34)22-25-17-11-8-12-18-25/h7-12,15-18,26-27,31-34H,3-6,13-14,19-23H2,1-2H3/t26?,27-,28-,29+,30-/m1/s1. The molecule has 1 fully saturated rings. The van der Waals surface area contributed by atoms with Crippen LogP contribution in [0, 0.1) is 0 Å². The van der Waals surface area contributed by atoms with Gasteiger partial charge in [-0.25, -0.2) is 0 Å². The average Bonchev–Trinajstić information content (AvgIpc) is 2.83. The molecule has 0 saturated carbocycles. The lowest BCUT2D eigenvalue weighted by molar-refractivity contribution is -0.373. The largest absolute Gasteiger partial charge is 0.390 e. The molecule has 0 aromatic heterocycles. The van der Waals surface area contributed by atoms with E-state index in [9.17, 15) is 20.4 Å². The van der Waals surface area contributed by atoms with Crippen LogP contribution in [0.2, 0.25) is 0 Å². The topological polar surface area (TPSA) is 90.2 Å². The zero-order chi connectivity index (χ0) is 25.4. The number of benzene rings is 2. The van der Waals surface area contributed by atoms with Gasteiger partial charge < -0.3 is 25.2 Å². The molecule has 2 aromatic rings. The predicted octanol–water partition coefficient (Wildman–Crippen LogP) is 4.93. The minimum atomic E-state index is -1.77. The van der Waals surface area contributed by atoms with Crippen molar-refractivity contribution in [1.29, 1.82) is 0 Å². The molecule has 35 heavy (non-hydrogen) atoms. The van der Waals surface area contributed by atoms with Gasteiger partial charge in [0, 0.05) is 25.7 Å². The fourth-order valence-corrected chi connectivity index (χ4v) is 5.55. The molecular weight excluding hydrogens is 440 g/mol. The summed E-state index contributed by atoms with van der Waals surface area (Å²) in [5, 5.41) is 47.5. The predicted molar refractivity (Wildman–Crippen MR) is 139 cm³/mol. The number of hydrogen-bond acceptors (Lipinski definition) is 5. The number of aliphatic hydroxyl groups is 4. The van der Waals surface area contributed by atoms with Crippen molar-refractivity contribution in [3.63, 3.8) is 0 Å². The minimum Gasteiger partial charge on any atom is -0.390 e. The van der Waals surface area contributed by atoms with Crippen molar-refractivity contribution in [3.8, 4) is 0 Å². The van der Waals surface area contributed by atoms with Gasteiger partial charge in [0.05, 0.1) is 6.10 Å². The maximum absolute atomic E-state index is 12.3. The monoisotopic (exact) mass is 484 g/mol. The summed E-state index contributed by atoms with van der Waals surface area (Å²) in [6.45, 7) is 4.19. The molecule has 1 aliphatic rings. The lowest BCUT2D eigenvalue weighted by Crippen LogP contribution is -2.73. The highest BCUT2D eigenvalue weighted by Crippen LogP contribution is 2.49. The third-order valence-electron chi connectivity index (χ3n) is 7.51. The maximum Gasteiger partial charge on any atom is 0.168 e. The maximum atomic E-state index is 12.3. The van der Waals surface area contributed by atoms with E-state index in [1.807, 2.05) is 60.7 Å². The lowest BCUT2D eigenvalue weighted by Gasteiger charge is -2.57. The second-order valence-corrected chi connectivity index (χ2v) is 10.5. The molecule has 1 aliphatic heterocycles. The molecular formula is C30H44O5. The van der Waals surface area contributed by atoms with E-state index in [4.69, 9.17) is 4.74 Å². The fraction of sp³-hybridized carbons (Fsp3) is 0.600. The molecule has 3 rings (SSSR count). The van der Waals surface area contributed by atoms with Gasteiger partial charge in [-0.15, -0.1) is 0 Å². The highest BCUT2D eigenvalue weighted by Gasteiger charge is 2.64. The van der Waals surface area contributed by atoms with Crippen molar-refractivity contribution in [1.82, 2.24) is 0 Å². The molecule has 1 heterocycles. The van der Waals surface area contributed by atoms with E-state index in [1.165, 1.54) is 0 Å². The van der Waals surface area contributed by atoms with E-state index >= 15 is 0 Å². The summed E-state index contributed by atoms with van der Waals surface area (Å²) < 4.78 is 6.24. The molecule has 5 heteroatoms. The first-order valence-electron chi connectivity index (χ1n) is 13.4. The highest BCUT2D eigenvalue weighted by molar-refractivity contribution is 5.24. The fourth-order valence-electron chi connectivity index (χ4n) is 5.55. The Morgan fingerprint density at radius 3 is 1.91 bits per heavy atom. The summed E-state index contributed by atoms with van der Waals surface area (Å²) in [7, 11) is 0. The van der Waals surface area contributed by atoms with Crippen molar-refractivity contribution in [2.75, 3.05) is 0 Å². The Bertz CT molecular complexity index is 875. The van der Waals surface area contributed by atoms with E-state index in [-0.39, 0.29) is 19.3 Å². The third kappa shape index (κ3) is 6.93. The van der Waals surface area contributed by atoms with Crippen molar-refractivity contribution >= 4 is 0 Å². The van der Waals surface area contributed by atoms with Gasteiger partial charge in [0.25, 0.3) is 0 Å². The van der Waals surface area contributed by atoms with Crippen LogP contribution < -0.4 is 0 Å². The van der Waals surface area contributed by atoms with Crippen molar-refractivity contribution in [2.45, 2.75) is 114 Å². The van der Waals surface area contributed by atoms with Gasteiger partial charge in [-0.3, -0.25) is 0 Å². The summed E-state index contributed by atoms with van der Waals surface area (Å²) in [6, 6.07) is 19.1. The summed E-state index contributed by atoms with van der Waals surface area (Å²) in [5.41, 5.74) is -1.63. The van der Waals surface area contributed by atoms with E-state index in [1.54, 1.807) is 0 Å². The van der Waals surface area contributed by atoms with Gasteiger partial charge in [-0.1, -0.05) is 107 Å². The minimum absolute atomic E-state index is 0.0781. The van der Waals surface area contributed by atoms with Crippen LogP contribution in [-0.4, -0.2) is 49.6 Å². The van der Waals surface area contributed by atoms with E-state index in [2.05, 4.69) is 13.8 Å². The Morgan fingerprint density at radius 2 is 1.34 bits per heavy atom. The number of hydrogen-bond donors (Lipinski definition) is 4. The molecule has 2 aromatic carbocycles. The van der Waals surface area contributed by atoms with Crippen LogP contribution in [0.5, 0.6) is 0 Å². The summed E-state index contributed by atoms with van der Waals surface area (Å²) in [4.78, 5) is 0. The number of unbranched alkanes of at least 4 members (excludes halogenated alkanes) is 4. The third-order valence-corrected chi connectivity index (χ3v) is 7.51. The van der Waals surface area contributed by atoms with E-state index in [0.29, 0.717) is 12.8 Å². The van der Waals surface area contributed by atoms with Crippen LogP contribution in [0.3, 0.4) is 0 Å². The van der Waals surface area contributed by atoms with Gasteiger partial charge >= 0.3 is 0 Å². The molecule has 0 aliphatic carbocycles. The van der Waals surface area contributed by atoms with Gasteiger partial charge in [0.1, 0.15) is 17.3 Å². The molecule has 194 valence electrons. The molecule has 0 bridgehead atoms. The van der Waals surface area contributed by atoms with Crippen LogP contribution >= 0.6 is 0 Å². The summed E-state index contributed by atoms with van der Waals surface area (Å²) in [6.07, 6.45) is 4.00. The average molecular weight is 485 g/mol. The second kappa shape index (κ2) is 12.5. The number of ether oxygens (including phenoxy) is 1. The van der Waals surface area contributed by atoms with Gasteiger partial charge in [-0.05, 0) is 24.0 Å². The van der Waals surface area contributed by atoms with E-state index in [0.717, 1.165) is 49.7 Å². The quantitative estimate of drug-likeness (QED) is 0.303. The smallest absolute Gasteiger partial charge is 0.168 e. The molecule has 1 saturated heterocycles. The molecule has 0 radical (unpaired) electrons. The summed E-state index contributed by atoms with van der Waals surface area (Å²) >= 11 is 0. The SMILES string of the molecule is CCCCC[C@@]1(O)C[C@](O)(CCCCC)[C@@](O)(Cc2ccccc2)[C@@H](C(O)Cc2ccccc2)O1. The van der Waals surface area contributed by atoms with Gasteiger partial charge in [0.15, 0.2) is 5.79 Å². The van der Waals surface area contributed by atoms with Crippen LogP contribution in [-0.2, 0) is 17.6 Å². The summed E-state index contributed by atoms with van der Waals surface area (Å²) in [5.74, 6) is -1.61. The van der Waals surface area contributed by atoms with Crippen LogP contribution in [0.1, 0.15) is 82.8 Å².